The lowest BCUT2D eigenvalue weighted by Crippen LogP contribution is -2.41. The van der Waals surface area contributed by atoms with Gasteiger partial charge in [-0.2, -0.15) is 0 Å². The molecule has 0 aliphatic heterocycles. The largest absolute Gasteiger partial charge is 0.481 e. The Labute approximate surface area is 127 Å². The van der Waals surface area contributed by atoms with Crippen molar-refractivity contribution in [3.05, 3.63) is 17.5 Å². The fraction of sp³-hybridized carbons (Fsp3) is 0.733. The van der Waals surface area contributed by atoms with Crippen LogP contribution in [0.3, 0.4) is 0 Å². The second-order valence-corrected chi connectivity index (χ2v) is 11.9. The number of hydrogen-bond acceptors (Lipinski definition) is 4. The van der Waals surface area contributed by atoms with Gasteiger partial charge in [-0.1, -0.05) is 25.9 Å². The van der Waals surface area contributed by atoms with Gasteiger partial charge in [0.05, 0.1) is 11.6 Å². The number of aromatic nitrogens is 1. The first kappa shape index (κ1) is 17.9. The summed E-state index contributed by atoms with van der Waals surface area (Å²) in [5.74, 6) is -0.697. The summed E-state index contributed by atoms with van der Waals surface area (Å²) in [6.07, 6.45) is 0.846. The van der Waals surface area contributed by atoms with Crippen LogP contribution in [0.1, 0.15) is 38.6 Å². The van der Waals surface area contributed by atoms with Crippen LogP contribution in [0.25, 0.3) is 0 Å². The van der Waals surface area contributed by atoms with E-state index >= 15 is 0 Å². The van der Waals surface area contributed by atoms with Crippen molar-refractivity contribution in [1.82, 2.24) is 5.16 Å². The maximum Gasteiger partial charge on any atom is 0.307 e. The molecule has 0 saturated carbocycles. The van der Waals surface area contributed by atoms with E-state index in [0.29, 0.717) is 25.2 Å². The van der Waals surface area contributed by atoms with E-state index < -0.39 is 20.2 Å². The van der Waals surface area contributed by atoms with Crippen LogP contribution in [0.15, 0.2) is 10.6 Å². The number of rotatable bonds is 7. The number of carboxylic acid groups (broad SMARTS) is 1. The van der Waals surface area contributed by atoms with E-state index in [-0.39, 0.29) is 5.04 Å². The van der Waals surface area contributed by atoms with Crippen LogP contribution in [0.4, 0.5) is 0 Å². The van der Waals surface area contributed by atoms with Crippen molar-refractivity contribution in [2.75, 3.05) is 6.61 Å². The Balaban J connectivity index is 2.55. The Hall–Kier alpha value is -1.14. The third kappa shape index (κ3) is 5.28. The van der Waals surface area contributed by atoms with Crippen molar-refractivity contribution in [3.63, 3.8) is 0 Å². The molecule has 6 heteroatoms. The predicted octanol–water partition coefficient (Wildman–Crippen LogP) is 3.64. The van der Waals surface area contributed by atoms with Crippen LogP contribution < -0.4 is 0 Å². The summed E-state index contributed by atoms with van der Waals surface area (Å²) in [5, 5.41) is 13.2. The molecule has 0 aliphatic carbocycles. The van der Waals surface area contributed by atoms with Gasteiger partial charge in [-0.3, -0.25) is 4.79 Å². The molecule has 1 aromatic rings. The number of carbonyl (C=O) groups is 1. The smallest absolute Gasteiger partial charge is 0.307 e. The molecule has 1 unspecified atom stereocenters. The third-order valence-electron chi connectivity index (χ3n) is 4.21. The highest BCUT2D eigenvalue weighted by Gasteiger charge is 2.37. The van der Waals surface area contributed by atoms with Gasteiger partial charge in [-0.25, -0.2) is 0 Å². The Morgan fingerprint density at radius 3 is 2.52 bits per heavy atom. The number of nitrogens with zero attached hydrogens (tertiary/aromatic N) is 1. The summed E-state index contributed by atoms with van der Waals surface area (Å²) in [6, 6.07) is 1.78. The van der Waals surface area contributed by atoms with Gasteiger partial charge in [0, 0.05) is 19.1 Å². The quantitative estimate of drug-likeness (QED) is 0.778. The zero-order chi connectivity index (χ0) is 16.3. The van der Waals surface area contributed by atoms with Gasteiger partial charge in [0.2, 0.25) is 0 Å². The molecule has 1 rings (SSSR count). The lowest BCUT2D eigenvalue weighted by molar-refractivity contribution is -0.142. The van der Waals surface area contributed by atoms with Crippen LogP contribution in [0.2, 0.25) is 18.1 Å². The molecule has 21 heavy (non-hydrogen) atoms. The Morgan fingerprint density at radius 2 is 2.10 bits per heavy atom. The van der Waals surface area contributed by atoms with Gasteiger partial charge in [0.25, 0.3) is 0 Å². The Morgan fingerprint density at radius 1 is 1.48 bits per heavy atom. The van der Waals surface area contributed by atoms with Crippen LogP contribution in [-0.4, -0.2) is 31.2 Å². The average Bonchev–Trinajstić information content (AvgIpc) is 2.71. The molecule has 1 atom stereocenters. The molecule has 120 valence electrons. The topological polar surface area (TPSA) is 72.6 Å². The Bertz CT molecular complexity index is 476. The molecule has 1 aromatic heterocycles. The molecule has 0 aliphatic rings. The summed E-state index contributed by atoms with van der Waals surface area (Å²) >= 11 is 0. The molecule has 0 bridgehead atoms. The molecule has 0 saturated heterocycles. The van der Waals surface area contributed by atoms with Crippen molar-refractivity contribution in [2.45, 2.75) is 58.7 Å². The monoisotopic (exact) mass is 313 g/mol. The lowest BCUT2D eigenvalue weighted by Gasteiger charge is -2.36. The van der Waals surface area contributed by atoms with E-state index in [2.05, 4.69) is 39.0 Å². The molecular weight excluding hydrogens is 286 g/mol. The minimum Gasteiger partial charge on any atom is -0.481 e. The number of aryl methyl sites for hydroxylation is 1. The van der Waals surface area contributed by atoms with Crippen LogP contribution in [0, 0.1) is 12.8 Å². The SMILES string of the molecule is Cc1cc(CC(CCO[Si](C)(C)C(C)(C)C)C(=O)O)on1. The summed E-state index contributed by atoms with van der Waals surface area (Å²) < 4.78 is 11.1. The van der Waals surface area contributed by atoms with Gasteiger partial charge >= 0.3 is 5.97 Å². The first-order chi connectivity index (χ1) is 9.53. The fourth-order valence-corrected chi connectivity index (χ4v) is 2.80. The second kappa shape index (κ2) is 6.75. The van der Waals surface area contributed by atoms with Crippen molar-refractivity contribution in [3.8, 4) is 0 Å². The molecule has 0 aromatic carbocycles. The fourth-order valence-electron chi connectivity index (χ4n) is 1.74. The molecule has 5 nitrogen and oxygen atoms in total. The minimum absolute atomic E-state index is 0.133. The van der Waals surface area contributed by atoms with Gasteiger partial charge in [0.15, 0.2) is 8.32 Å². The zero-order valence-corrected chi connectivity index (χ0v) is 14.9. The van der Waals surface area contributed by atoms with E-state index in [1.54, 1.807) is 6.07 Å². The number of carboxylic acids is 1. The molecule has 0 radical (unpaired) electrons. The third-order valence-corrected chi connectivity index (χ3v) is 8.75. The maximum absolute atomic E-state index is 11.4. The first-order valence-corrected chi connectivity index (χ1v) is 10.2. The standard InChI is InChI=1S/C15H27NO4Si/c1-11-9-13(20-16-11)10-12(14(17)18)7-8-19-21(5,6)15(2,3)4/h9,12H,7-8,10H2,1-6H3,(H,17,18). The van der Waals surface area contributed by atoms with E-state index in [0.717, 1.165) is 5.69 Å². The number of aliphatic carboxylic acids is 1. The van der Waals surface area contributed by atoms with Crippen LogP contribution in [0.5, 0.6) is 0 Å². The molecule has 0 fully saturated rings. The van der Waals surface area contributed by atoms with Crippen molar-refractivity contribution in [1.29, 1.82) is 0 Å². The Kier molecular flexibility index (Phi) is 5.75. The molecule has 0 spiro atoms. The summed E-state index contributed by atoms with van der Waals surface area (Å²) in [4.78, 5) is 11.4. The average molecular weight is 313 g/mol. The van der Waals surface area contributed by atoms with E-state index in [1.807, 2.05) is 6.92 Å². The number of hydrogen-bond donors (Lipinski definition) is 1. The van der Waals surface area contributed by atoms with Crippen LogP contribution >= 0.6 is 0 Å². The minimum atomic E-state index is -1.82. The van der Waals surface area contributed by atoms with Gasteiger partial charge < -0.3 is 14.1 Å². The normalized spacial score (nSPS) is 14.2. The molecule has 1 N–H and O–H groups in total. The van der Waals surface area contributed by atoms with Gasteiger partial charge in [-0.05, 0) is 31.5 Å². The highest BCUT2D eigenvalue weighted by molar-refractivity contribution is 6.74. The van der Waals surface area contributed by atoms with Crippen molar-refractivity contribution in [2.24, 2.45) is 5.92 Å². The highest BCUT2D eigenvalue weighted by Crippen LogP contribution is 2.36. The first-order valence-electron chi connectivity index (χ1n) is 7.32. The van der Waals surface area contributed by atoms with Gasteiger partial charge in [-0.15, -0.1) is 0 Å². The lowest BCUT2D eigenvalue weighted by atomic mass is 10.0. The summed E-state index contributed by atoms with van der Waals surface area (Å²) in [5.41, 5.74) is 0.770. The molecule has 1 heterocycles. The molecule has 0 amide bonds. The summed E-state index contributed by atoms with van der Waals surface area (Å²) in [7, 11) is -1.82. The van der Waals surface area contributed by atoms with E-state index in [9.17, 15) is 9.90 Å². The highest BCUT2D eigenvalue weighted by atomic mass is 28.4. The predicted molar refractivity (Wildman–Crippen MR) is 83.8 cm³/mol. The maximum atomic E-state index is 11.4. The van der Waals surface area contributed by atoms with Crippen LogP contribution in [-0.2, 0) is 15.6 Å². The molecular formula is C15H27NO4Si. The zero-order valence-electron chi connectivity index (χ0n) is 13.9. The van der Waals surface area contributed by atoms with Gasteiger partial charge in [0.1, 0.15) is 5.76 Å². The van der Waals surface area contributed by atoms with Crippen molar-refractivity contribution < 1.29 is 18.9 Å². The van der Waals surface area contributed by atoms with E-state index in [4.69, 9.17) is 8.95 Å². The van der Waals surface area contributed by atoms with E-state index in [1.165, 1.54) is 0 Å². The van der Waals surface area contributed by atoms with Crippen molar-refractivity contribution >= 4 is 14.3 Å². The second-order valence-electron chi connectivity index (χ2n) is 7.07. The summed E-state index contributed by atoms with van der Waals surface area (Å²) in [6.45, 7) is 13.1.